The number of hydrazone groups is 1. The minimum Gasteiger partial charge on any atom is -0.488 e. The van der Waals surface area contributed by atoms with Crippen molar-refractivity contribution in [3.8, 4) is 5.75 Å². The van der Waals surface area contributed by atoms with Crippen LogP contribution < -0.4 is 15.5 Å². The first-order valence-corrected chi connectivity index (χ1v) is 10.2. The molecule has 0 radical (unpaired) electrons. The number of aryl methyl sites for hydroxylation is 1. The van der Waals surface area contributed by atoms with Crippen molar-refractivity contribution in [2.45, 2.75) is 13.5 Å². The third kappa shape index (κ3) is 6.29. The molecule has 32 heavy (non-hydrogen) atoms. The molecule has 0 aliphatic heterocycles. The van der Waals surface area contributed by atoms with E-state index in [0.717, 1.165) is 5.56 Å². The summed E-state index contributed by atoms with van der Waals surface area (Å²) in [7, 11) is 0. The van der Waals surface area contributed by atoms with Crippen LogP contribution in [0.1, 0.15) is 16.7 Å². The van der Waals surface area contributed by atoms with Crippen LogP contribution in [0.5, 0.6) is 5.75 Å². The number of hydrogen-bond donors (Lipinski definition) is 2. The molecule has 0 aliphatic carbocycles. The van der Waals surface area contributed by atoms with Gasteiger partial charge in [-0.1, -0.05) is 41.4 Å². The van der Waals surface area contributed by atoms with E-state index in [0.29, 0.717) is 22.0 Å². The molecular weight excluding hydrogens is 456 g/mol. The fourth-order valence-electron chi connectivity index (χ4n) is 2.69. The van der Waals surface area contributed by atoms with Gasteiger partial charge in [0.2, 0.25) is 0 Å². The molecule has 0 spiro atoms. The van der Waals surface area contributed by atoms with Crippen LogP contribution in [0, 0.1) is 12.7 Å². The SMILES string of the molecule is Cc1cccc(NC(=O)C(=O)N/N=C\c2cc(Cl)ccc2OCc2c(F)cccc2Cl)c1. The quantitative estimate of drug-likeness (QED) is 0.296. The Balaban J connectivity index is 1.65. The highest BCUT2D eigenvalue weighted by molar-refractivity contribution is 6.39. The highest BCUT2D eigenvalue weighted by atomic mass is 35.5. The van der Waals surface area contributed by atoms with Crippen molar-refractivity contribution in [3.05, 3.63) is 93.2 Å². The van der Waals surface area contributed by atoms with Gasteiger partial charge in [0.05, 0.1) is 11.2 Å². The molecule has 0 bridgehead atoms. The van der Waals surface area contributed by atoms with Crippen LogP contribution in [-0.4, -0.2) is 18.0 Å². The highest BCUT2D eigenvalue weighted by Gasteiger charge is 2.13. The zero-order valence-electron chi connectivity index (χ0n) is 16.9. The number of nitrogens with one attached hydrogen (secondary N) is 2. The lowest BCUT2D eigenvalue weighted by molar-refractivity contribution is -0.136. The predicted molar refractivity (Wildman–Crippen MR) is 123 cm³/mol. The summed E-state index contributed by atoms with van der Waals surface area (Å²) in [6.07, 6.45) is 1.27. The van der Waals surface area contributed by atoms with Gasteiger partial charge in [-0.25, -0.2) is 9.82 Å². The van der Waals surface area contributed by atoms with Crippen molar-refractivity contribution in [3.63, 3.8) is 0 Å². The molecule has 3 aromatic rings. The van der Waals surface area contributed by atoms with Gasteiger partial charge in [-0.3, -0.25) is 9.59 Å². The molecule has 0 aliphatic rings. The van der Waals surface area contributed by atoms with E-state index >= 15 is 0 Å². The van der Waals surface area contributed by atoms with Crippen molar-refractivity contribution in [1.82, 2.24) is 5.43 Å². The topological polar surface area (TPSA) is 79.8 Å². The summed E-state index contributed by atoms with van der Waals surface area (Å²) in [5.74, 6) is -1.99. The Bertz CT molecular complexity index is 1160. The number of hydrogen-bond acceptors (Lipinski definition) is 4. The number of benzene rings is 3. The Morgan fingerprint density at radius 3 is 2.59 bits per heavy atom. The maximum atomic E-state index is 14.0. The molecule has 0 aromatic heterocycles. The highest BCUT2D eigenvalue weighted by Crippen LogP contribution is 2.25. The predicted octanol–water partition coefficient (Wildman–Crippen LogP) is 5.11. The number of rotatable bonds is 6. The molecule has 3 aromatic carbocycles. The van der Waals surface area contributed by atoms with Crippen LogP contribution in [0.3, 0.4) is 0 Å². The maximum Gasteiger partial charge on any atom is 0.329 e. The standard InChI is InChI=1S/C23H18Cl2FN3O3/c1-14-4-2-5-17(10-14)28-22(30)23(31)29-27-12-15-11-16(24)8-9-21(15)32-13-18-19(25)6-3-7-20(18)26/h2-12H,13H2,1H3,(H,28,30)(H,29,31)/b27-12-. The number of ether oxygens (including phenoxy) is 1. The summed E-state index contributed by atoms with van der Waals surface area (Å²) in [6.45, 7) is 1.74. The van der Waals surface area contributed by atoms with Crippen LogP contribution >= 0.6 is 23.2 Å². The Labute approximate surface area is 194 Å². The van der Waals surface area contributed by atoms with Crippen LogP contribution in [0.4, 0.5) is 10.1 Å². The molecule has 2 amide bonds. The number of amides is 2. The summed E-state index contributed by atoms with van der Waals surface area (Å²) in [6, 6.07) is 16.1. The molecule has 0 saturated heterocycles. The van der Waals surface area contributed by atoms with Gasteiger partial charge in [-0.15, -0.1) is 0 Å². The molecule has 3 rings (SSSR count). The first-order chi connectivity index (χ1) is 15.3. The average molecular weight is 474 g/mol. The van der Waals surface area contributed by atoms with E-state index in [9.17, 15) is 14.0 Å². The van der Waals surface area contributed by atoms with Gasteiger partial charge in [0.25, 0.3) is 0 Å². The van der Waals surface area contributed by atoms with Crippen molar-refractivity contribution < 1.29 is 18.7 Å². The summed E-state index contributed by atoms with van der Waals surface area (Å²) in [5, 5.41) is 6.90. The third-order valence-corrected chi connectivity index (χ3v) is 4.85. The Morgan fingerprint density at radius 2 is 1.84 bits per heavy atom. The van der Waals surface area contributed by atoms with Gasteiger partial charge in [0, 0.05) is 21.8 Å². The van der Waals surface area contributed by atoms with Crippen molar-refractivity contribution in [1.29, 1.82) is 0 Å². The zero-order chi connectivity index (χ0) is 23.1. The van der Waals surface area contributed by atoms with Gasteiger partial charge in [-0.05, 0) is 55.0 Å². The van der Waals surface area contributed by atoms with Crippen LogP contribution in [0.15, 0.2) is 65.8 Å². The van der Waals surface area contributed by atoms with E-state index in [1.165, 1.54) is 18.3 Å². The molecule has 6 nitrogen and oxygen atoms in total. The van der Waals surface area contributed by atoms with Gasteiger partial charge >= 0.3 is 11.8 Å². The summed E-state index contributed by atoms with van der Waals surface area (Å²) < 4.78 is 19.6. The van der Waals surface area contributed by atoms with E-state index in [1.54, 1.807) is 42.5 Å². The van der Waals surface area contributed by atoms with Gasteiger partial charge in [0.1, 0.15) is 18.2 Å². The summed E-state index contributed by atoms with van der Waals surface area (Å²) in [5.41, 5.74) is 4.18. The zero-order valence-corrected chi connectivity index (χ0v) is 18.4. The number of carbonyl (C=O) groups is 2. The minimum atomic E-state index is -0.953. The van der Waals surface area contributed by atoms with E-state index < -0.39 is 17.6 Å². The molecule has 9 heteroatoms. The minimum absolute atomic E-state index is 0.126. The molecule has 0 heterocycles. The van der Waals surface area contributed by atoms with Gasteiger partial charge in [-0.2, -0.15) is 5.10 Å². The second kappa shape index (κ2) is 10.7. The van der Waals surface area contributed by atoms with Crippen LogP contribution in [0.2, 0.25) is 10.0 Å². The molecule has 2 N–H and O–H groups in total. The lowest BCUT2D eigenvalue weighted by Crippen LogP contribution is -2.32. The molecule has 0 saturated carbocycles. The lowest BCUT2D eigenvalue weighted by Gasteiger charge is -2.11. The molecule has 0 fully saturated rings. The van der Waals surface area contributed by atoms with Crippen LogP contribution in [-0.2, 0) is 16.2 Å². The Morgan fingerprint density at radius 1 is 1.06 bits per heavy atom. The third-order valence-electron chi connectivity index (χ3n) is 4.26. The van der Waals surface area contributed by atoms with Crippen molar-refractivity contribution in [2.75, 3.05) is 5.32 Å². The summed E-state index contributed by atoms with van der Waals surface area (Å²) in [4.78, 5) is 24.0. The van der Waals surface area contributed by atoms with Crippen molar-refractivity contribution in [2.24, 2.45) is 5.10 Å². The Hall–Kier alpha value is -3.42. The summed E-state index contributed by atoms with van der Waals surface area (Å²) >= 11 is 12.1. The van der Waals surface area contributed by atoms with Gasteiger partial charge in [0.15, 0.2) is 0 Å². The van der Waals surface area contributed by atoms with E-state index in [4.69, 9.17) is 27.9 Å². The molecule has 164 valence electrons. The number of halogens is 3. The average Bonchev–Trinajstić information content (AvgIpc) is 2.74. The van der Waals surface area contributed by atoms with Crippen LogP contribution in [0.25, 0.3) is 0 Å². The van der Waals surface area contributed by atoms with E-state index in [-0.39, 0.29) is 17.2 Å². The van der Waals surface area contributed by atoms with E-state index in [1.807, 2.05) is 13.0 Å². The Kier molecular flexibility index (Phi) is 7.81. The monoisotopic (exact) mass is 473 g/mol. The second-order valence-electron chi connectivity index (χ2n) is 6.69. The smallest absolute Gasteiger partial charge is 0.329 e. The molecular formula is C23H18Cl2FN3O3. The van der Waals surface area contributed by atoms with E-state index in [2.05, 4.69) is 15.8 Å². The number of carbonyl (C=O) groups excluding carboxylic acids is 2. The maximum absolute atomic E-state index is 14.0. The second-order valence-corrected chi connectivity index (χ2v) is 7.54. The number of nitrogens with zero attached hydrogens (tertiary/aromatic N) is 1. The first kappa shape index (κ1) is 23.2. The number of anilines is 1. The fraction of sp³-hybridized carbons (Fsp3) is 0.0870. The lowest BCUT2D eigenvalue weighted by atomic mass is 10.2. The normalized spacial score (nSPS) is 10.8. The molecule has 0 atom stereocenters. The fourth-order valence-corrected chi connectivity index (χ4v) is 3.09. The van der Waals surface area contributed by atoms with Gasteiger partial charge < -0.3 is 10.1 Å². The first-order valence-electron chi connectivity index (χ1n) is 9.40. The largest absolute Gasteiger partial charge is 0.488 e. The van der Waals surface area contributed by atoms with Crippen molar-refractivity contribution >= 4 is 46.9 Å². The molecule has 0 unspecified atom stereocenters.